The van der Waals surface area contributed by atoms with E-state index in [2.05, 4.69) is 15.9 Å². The van der Waals surface area contributed by atoms with Crippen LogP contribution in [0.1, 0.15) is 17.3 Å². The fraction of sp³-hybridized carbons (Fsp3) is 0.200. The van der Waals surface area contributed by atoms with Gasteiger partial charge in [-0.25, -0.2) is 10.9 Å². The van der Waals surface area contributed by atoms with E-state index in [1.54, 1.807) is 12.1 Å². The summed E-state index contributed by atoms with van der Waals surface area (Å²) in [6, 6.07) is 4.83. The first-order valence-corrected chi connectivity index (χ1v) is 5.20. The Hall–Kier alpha value is -1.40. The van der Waals surface area contributed by atoms with Crippen LogP contribution in [0, 0.1) is 0 Å². The molecule has 0 unspecified atom stereocenters. The third-order valence-electron chi connectivity index (χ3n) is 1.95. The zero-order valence-electron chi connectivity index (χ0n) is 8.86. The Kier molecular flexibility index (Phi) is 4.03. The molecule has 0 bridgehead atoms. The number of imide groups is 1. The van der Waals surface area contributed by atoms with Crippen molar-refractivity contribution in [2.75, 3.05) is 7.11 Å². The standard InChI is InChI=1S/C10H11BrN2O3/c1-6(14)13(12)10(15)8-4-3-7(11)5-9(8)16-2/h3-5H,12H2,1-2H3. The van der Waals surface area contributed by atoms with Gasteiger partial charge in [0.05, 0.1) is 12.7 Å². The molecule has 0 atom stereocenters. The summed E-state index contributed by atoms with van der Waals surface area (Å²) >= 11 is 3.25. The van der Waals surface area contributed by atoms with E-state index in [9.17, 15) is 9.59 Å². The molecule has 16 heavy (non-hydrogen) atoms. The number of ether oxygens (including phenoxy) is 1. The molecule has 86 valence electrons. The molecule has 0 heterocycles. The Balaban J connectivity index is 3.13. The Morgan fingerprint density at radius 3 is 2.56 bits per heavy atom. The van der Waals surface area contributed by atoms with Crippen molar-refractivity contribution in [3.8, 4) is 5.75 Å². The van der Waals surface area contributed by atoms with Gasteiger partial charge in [0, 0.05) is 11.4 Å². The van der Waals surface area contributed by atoms with Crippen LogP contribution >= 0.6 is 15.9 Å². The molecule has 0 spiro atoms. The molecule has 0 aromatic heterocycles. The minimum Gasteiger partial charge on any atom is -0.496 e. The average molecular weight is 287 g/mol. The van der Waals surface area contributed by atoms with Crippen LogP contribution in [0.4, 0.5) is 0 Å². The Bertz CT molecular complexity index is 434. The van der Waals surface area contributed by atoms with Crippen LogP contribution in [-0.4, -0.2) is 23.9 Å². The summed E-state index contributed by atoms with van der Waals surface area (Å²) in [6.45, 7) is 1.21. The lowest BCUT2D eigenvalue weighted by Gasteiger charge is -2.14. The lowest BCUT2D eigenvalue weighted by atomic mass is 10.2. The first-order chi connectivity index (χ1) is 7.47. The van der Waals surface area contributed by atoms with E-state index < -0.39 is 11.8 Å². The van der Waals surface area contributed by atoms with Crippen molar-refractivity contribution in [1.82, 2.24) is 5.01 Å². The lowest BCUT2D eigenvalue weighted by Crippen LogP contribution is -2.41. The van der Waals surface area contributed by atoms with Crippen LogP contribution in [0.15, 0.2) is 22.7 Å². The van der Waals surface area contributed by atoms with Gasteiger partial charge in [-0.2, -0.15) is 0 Å². The quantitative estimate of drug-likeness (QED) is 0.506. The van der Waals surface area contributed by atoms with Gasteiger partial charge >= 0.3 is 0 Å². The zero-order chi connectivity index (χ0) is 12.3. The fourth-order valence-corrected chi connectivity index (χ4v) is 1.45. The second kappa shape index (κ2) is 5.09. The first kappa shape index (κ1) is 12.7. The average Bonchev–Trinajstić information content (AvgIpc) is 2.26. The predicted molar refractivity (Wildman–Crippen MR) is 61.7 cm³/mol. The van der Waals surface area contributed by atoms with Gasteiger partial charge in [-0.15, -0.1) is 0 Å². The van der Waals surface area contributed by atoms with Crippen molar-refractivity contribution < 1.29 is 14.3 Å². The number of nitrogens with two attached hydrogens (primary N) is 1. The fourth-order valence-electron chi connectivity index (χ4n) is 1.11. The van der Waals surface area contributed by atoms with Crippen molar-refractivity contribution in [2.24, 2.45) is 5.84 Å². The van der Waals surface area contributed by atoms with E-state index in [0.717, 1.165) is 4.47 Å². The molecule has 0 aliphatic rings. The van der Waals surface area contributed by atoms with E-state index in [1.165, 1.54) is 20.1 Å². The number of nitrogens with zero attached hydrogens (tertiary/aromatic N) is 1. The molecule has 0 aliphatic carbocycles. The summed E-state index contributed by atoms with van der Waals surface area (Å²) in [5, 5.41) is 0.547. The number of hydrogen-bond acceptors (Lipinski definition) is 4. The highest BCUT2D eigenvalue weighted by atomic mass is 79.9. The van der Waals surface area contributed by atoms with Crippen LogP contribution < -0.4 is 10.6 Å². The smallest absolute Gasteiger partial charge is 0.278 e. The van der Waals surface area contributed by atoms with Crippen LogP contribution in [0.5, 0.6) is 5.75 Å². The van der Waals surface area contributed by atoms with Crippen LogP contribution in [0.25, 0.3) is 0 Å². The Morgan fingerprint density at radius 2 is 2.06 bits per heavy atom. The molecular formula is C10H11BrN2O3. The molecule has 2 N–H and O–H groups in total. The van der Waals surface area contributed by atoms with Crippen molar-refractivity contribution in [1.29, 1.82) is 0 Å². The summed E-state index contributed by atoms with van der Waals surface area (Å²) in [4.78, 5) is 22.7. The van der Waals surface area contributed by atoms with Gasteiger partial charge in [0.2, 0.25) is 5.91 Å². The SMILES string of the molecule is COc1cc(Br)ccc1C(=O)N(N)C(C)=O. The van der Waals surface area contributed by atoms with E-state index in [4.69, 9.17) is 10.6 Å². The highest BCUT2D eigenvalue weighted by molar-refractivity contribution is 9.10. The minimum absolute atomic E-state index is 0.239. The molecule has 0 fully saturated rings. The number of carbonyl (C=O) groups excluding carboxylic acids is 2. The molecule has 6 heteroatoms. The van der Waals surface area contributed by atoms with Gasteiger partial charge in [0.1, 0.15) is 5.75 Å². The number of amides is 2. The third-order valence-corrected chi connectivity index (χ3v) is 2.45. The highest BCUT2D eigenvalue weighted by Gasteiger charge is 2.19. The molecule has 1 aromatic carbocycles. The Labute approximate surface area is 101 Å². The highest BCUT2D eigenvalue weighted by Crippen LogP contribution is 2.24. The van der Waals surface area contributed by atoms with Gasteiger partial charge in [-0.1, -0.05) is 15.9 Å². The summed E-state index contributed by atoms with van der Waals surface area (Å²) in [5.41, 5.74) is 0.239. The van der Waals surface area contributed by atoms with Crippen LogP contribution in [0.2, 0.25) is 0 Å². The van der Waals surface area contributed by atoms with Gasteiger partial charge in [-0.05, 0) is 18.2 Å². The van der Waals surface area contributed by atoms with Crippen LogP contribution in [-0.2, 0) is 4.79 Å². The molecule has 0 aliphatic heterocycles. The number of hydrazine groups is 1. The van der Waals surface area contributed by atoms with E-state index >= 15 is 0 Å². The number of carbonyl (C=O) groups is 2. The summed E-state index contributed by atoms with van der Waals surface area (Å²) < 4.78 is 5.80. The van der Waals surface area contributed by atoms with Gasteiger partial charge in [0.25, 0.3) is 5.91 Å². The second-order valence-electron chi connectivity index (χ2n) is 3.04. The normalized spacial score (nSPS) is 9.75. The molecule has 5 nitrogen and oxygen atoms in total. The molecule has 1 rings (SSSR count). The Morgan fingerprint density at radius 1 is 1.44 bits per heavy atom. The maximum atomic E-state index is 11.8. The third kappa shape index (κ3) is 2.59. The monoisotopic (exact) mass is 286 g/mol. The lowest BCUT2D eigenvalue weighted by molar-refractivity contribution is -0.126. The maximum absolute atomic E-state index is 11.8. The second-order valence-corrected chi connectivity index (χ2v) is 3.95. The molecule has 0 saturated carbocycles. The van der Waals surface area contributed by atoms with Gasteiger partial charge in [0.15, 0.2) is 0 Å². The number of methoxy groups -OCH3 is 1. The summed E-state index contributed by atoms with van der Waals surface area (Å²) in [7, 11) is 1.44. The van der Waals surface area contributed by atoms with Crippen LogP contribution in [0.3, 0.4) is 0 Å². The van der Waals surface area contributed by atoms with Crippen molar-refractivity contribution >= 4 is 27.7 Å². The molecule has 1 aromatic rings. The summed E-state index contributed by atoms with van der Waals surface area (Å²) in [6.07, 6.45) is 0. The van der Waals surface area contributed by atoms with Crippen molar-refractivity contribution in [3.05, 3.63) is 28.2 Å². The zero-order valence-corrected chi connectivity index (χ0v) is 10.4. The largest absolute Gasteiger partial charge is 0.496 e. The van der Waals surface area contributed by atoms with E-state index in [-0.39, 0.29) is 5.56 Å². The predicted octanol–water partition coefficient (Wildman–Crippen LogP) is 1.32. The molecule has 0 saturated heterocycles. The molecular weight excluding hydrogens is 276 g/mol. The maximum Gasteiger partial charge on any atom is 0.278 e. The van der Waals surface area contributed by atoms with E-state index in [1.807, 2.05) is 0 Å². The van der Waals surface area contributed by atoms with Gasteiger partial charge < -0.3 is 4.74 Å². The number of halogens is 1. The summed E-state index contributed by atoms with van der Waals surface area (Å²) in [5.74, 6) is 4.55. The number of benzene rings is 1. The van der Waals surface area contributed by atoms with E-state index in [0.29, 0.717) is 10.8 Å². The molecule has 0 radical (unpaired) electrons. The molecule has 2 amide bonds. The van der Waals surface area contributed by atoms with Crippen molar-refractivity contribution in [2.45, 2.75) is 6.92 Å². The number of rotatable bonds is 2. The van der Waals surface area contributed by atoms with Gasteiger partial charge in [-0.3, -0.25) is 9.59 Å². The number of hydrogen-bond donors (Lipinski definition) is 1. The van der Waals surface area contributed by atoms with Crippen molar-refractivity contribution in [3.63, 3.8) is 0 Å². The first-order valence-electron chi connectivity index (χ1n) is 4.40. The topological polar surface area (TPSA) is 72.6 Å². The minimum atomic E-state index is -0.600.